The number of nitrogens with zero attached hydrogens (tertiary/aromatic N) is 2. The maximum Gasteiger partial charge on any atom is 0.0655 e. The Kier molecular flexibility index (Phi) is 5.38. The zero-order chi connectivity index (χ0) is 30.4. The zero-order valence-corrected chi connectivity index (χ0v) is 26.2. The second-order valence-electron chi connectivity index (χ2n) is 12.7. The minimum atomic E-state index is -0.0635. The van der Waals surface area contributed by atoms with Crippen molar-refractivity contribution in [1.82, 2.24) is 4.57 Å². The fourth-order valence-corrected chi connectivity index (χ4v) is 9.33. The van der Waals surface area contributed by atoms with Crippen LogP contribution in [0.1, 0.15) is 12.5 Å². The lowest BCUT2D eigenvalue weighted by Crippen LogP contribution is -2.39. The average Bonchev–Trinajstić information content (AvgIpc) is 3.74. The number of hydrogen-bond donors (Lipinski definition) is 0. The predicted octanol–water partition coefficient (Wildman–Crippen LogP) is 11.7. The van der Waals surface area contributed by atoms with E-state index in [0.29, 0.717) is 0 Å². The summed E-state index contributed by atoms with van der Waals surface area (Å²) in [6.45, 7) is 2.37. The number of benzene rings is 6. The standard InChI is InChI=1S/C43H30N2S/c1-43-25-9-8-22-41(43)45(39-20-6-4-18-36(39)43)30-23-24-38-35(27-30)32-14-2-5-19-37(32)44(38)29-13-10-12-28(26-29)31-16-11-17-34-33-15-3-7-21-40(33)46-42(31)34/h2-27,41H,1H3. The average molecular weight is 607 g/mol. The van der Waals surface area contributed by atoms with Crippen LogP contribution in [0.3, 0.4) is 0 Å². The van der Waals surface area contributed by atoms with Crippen molar-refractivity contribution in [2.45, 2.75) is 18.4 Å². The molecule has 10 rings (SSSR count). The highest BCUT2D eigenvalue weighted by molar-refractivity contribution is 7.26. The van der Waals surface area contributed by atoms with Gasteiger partial charge in [-0.2, -0.15) is 0 Å². The van der Waals surface area contributed by atoms with Crippen LogP contribution in [0, 0.1) is 0 Å². The highest BCUT2D eigenvalue weighted by atomic mass is 32.1. The van der Waals surface area contributed by atoms with Crippen LogP contribution in [-0.4, -0.2) is 10.6 Å². The second-order valence-corrected chi connectivity index (χ2v) is 13.8. The highest BCUT2D eigenvalue weighted by Crippen LogP contribution is 2.52. The Morgan fingerprint density at radius 1 is 0.609 bits per heavy atom. The highest BCUT2D eigenvalue weighted by Gasteiger charge is 2.46. The zero-order valence-electron chi connectivity index (χ0n) is 25.4. The van der Waals surface area contributed by atoms with Crippen LogP contribution >= 0.6 is 11.3 Å². The maximum absolute atomic E-state index is 2.53. The molecule has 1 aliphatic heterocycles. The fraction of sp³-hybridized carbons (Fsp3) is 0.0698. The number of fused-ring (bicyclic) bond motifs is 9. The Bertz CT molecular complexity index is 2580. The van der Waals surface area contributed by atoms with Crippen molar-refractivity contribution in [3.63, 3.8) is 0 Å². The summed E-state index contributed by atoms with van der Waals surface area (Å²) in [5.41, 5.74) is 9.97. The Hall–Kier alpha value is -5.38. The normalized spacial score (nSPS) is 18.6. The van der Waals surface area contributed by atoms with Crippen molar-refractivity contribution in [2.75, 3.05) is 4.90 Å². The number of allylic oxidation sites excluding steroid dienone is 2. The third-order valence-corrected chi connectivity index (χ3v) is 11.5. The molecule has 8 aromatic rings. The SMILES string of the molecule is CC12C=CC=CC1N(c1ccc3c(c1)c1ccccc1n3-c1cccc(-c3cccc4c3sc3ccccc34)c1)c1ccccc12. The van der Waals surface area contributed by atoms with E-state index < -0.39 is 0 Å². The fourth-order valence-electron chi connectivity index (χ4n) is 8.09. The van der Waals surface area contributed by atoms with Gasteiger partial charge in [0, 0.05) is 53.4 Å². The van der Waals surface area contributed by atoms with Crippen molar-refractivity contribution in [1.29, 1.82) is 0 Å². The number of aromatic nitrogens is 1. The van der Waals surface area contributed by atoms with Gasteiger partial charge in [0.15, 0.2) is 0 Å². The van der Waals surface area contributed by atoms with Crippen molar-refractivity contribution in [3.05, 3.63) is 163 Å². The summed E-state index contributed by atoms with van der Waals surface area (Å²) < 4.78 is 5.12. The summed E-state index contributed by atoms with van der Waals surface area (Å²) in [5.74, 6) is 0. The molecule has 2 aromatic heterocycles. The summed E-state index contributed by atoms with van der Waals surface area (Å²) in [7, 11) is 0. The van der Waals surface area contributed by atoms with Gasteiger partial charge in [-0.25, -0.2) is 0 Å². The van der Waals surface area contributed by atoms with Gasteiger partial charge in [-0.15, -0.1) is 11.3 Å². The molecule has 46 heavy (non-hydrogen) atoms. The van der Waals surface area contributed by atoms with E-state index in [2.05, 4.69) is 174 Å². The van der Waals surface area contributed by atoms with Crippen molar-refractivity contribution in [3.8, 4) is 16.8 Å². The second kappa shape index (κ2) is 9.56. The van der Waals surface area contributed by atoms with Crippen LogP contribution in [0.15, 0.2) is 158 Å². The quantitative estimate of drug-likeness (QED) is 0.194. The van der Waals surface area contributed by atoms with E-state index in [9.17, 15) is 0 Å². The molecule has 1 aliphatic carbocycles. The lowest BCUT2D eigenvalue weighted by atomic mass is 9.76. The molecule has 0 saturated heterocycles. The molecule has 0 saturated carbocycles. The van der Waals surface area contributed by atoms with Crippen molar-refractivity contribution < 1.29 is 0 Å². The van der Waals surface area contributed by atoms with Crippen LogP contribution in [0.2, 0.25) is 0 Å². The van der Waals surface area contributed by atoms with E-state index >= 15 is 0 Å². The summed E-state index contributed by atoms with van der Waals surface area (Å²) >= 11 is 1.89. The minimum absolute atomic E-state index is 0.0635. The molecule has 6 aromatic carbocycles. The van der Waals surface area contributed by atoms with Gasteiger partial charge in [0.25, 0.3) is 0 Å². The van der Waals surface area contributed by atoms with Crippen LogP contribution in [0.4, 0.5) is 11.4 Å². The maximum atomic E-state index is 2.53. The van der Waals surface area contributed by atoms with Crippen molar-refractivity contribution >= 4 is 64.7 Å². The van der Waals surface area contributed by atoms with E-state index in [1.54, 1.807) is 0 Å². The molecule has 2 aliphatic rings. The molecule has 218 valence electrons. The van der Waals surface area contributed by atoms with Crippen molar-refractivity contribution in [2.24, 2.45) is 0 Å². The van der Waals surface area contributed by atoms with Gasteiger partial charge >= 0.3 is 0 Å². The Labute approximate surface area is 271 Å². The van der Waals surface area contributed by atoms with Crippen LogP contribution in [0.25, 0.3) is 58.8 Å². The largest absolute Gasteiger partial charge is 0.333 e. The first-order chi connectivity index (χ1) is 22.7. The Morgan fingerprint density at radius 3 is 2.35 bits per heavy atom. The summed E-state index contributed by atoms with van der Waals surface area (Å²) in [6.07, 6.45) is 9.12. The van der Waals surface area contributed by atoms with Gasteiger partial charge in [0.1, 0.15) is 0 Å². The van der Waals surface area contributed by atoms with E-state index in [-0.39, 0.29) is 11.5 Å². The number of rotatable bonds is 3. The number of para-hydroxylation sites is 2. The van der Waals surface area contributed by atoms with Gasteiger partial charge < -0.3 is 9.47 Å². The van der Waals surface area contributed by atoms with Gasteiger partial charge in [-0.05, 0) is 72.1 Å². The van der Waals surface area contributed by atoms with Crippen LogP contribution in [-0.2, 0) is 5.41 Å². The summed E-state index contributed by atoms with van der Waals surface area (Å²) in [5, 5.41) is 5.20. The molecule has 3 heterocycles. The first-order valence-electron chi connectivity index (χ1n) is 16.0. The monoisotopic (exact) mass is 606 g/mol. The molecule has 0 bridgehead atoms. The lowest BCUT2D eigenvalue weighted by Gasteiger charge is -2.34. The van der Waals surface area contributed by atoms with E-state index in [1.807, 2.05) is 11.3 Å². The molecule has 0 fully saturated rings. The molecule has 0 N–H and O–H groups in total. The predicted molar refractivity (Wildman–Crippen MR) is 197 cm³/mol. The molecule has 0 spiro atoms. The molecule has 0 amide bonds. The topological polar surface area (TPSA) is 8.17 Å². The van der Waals surface area contributed by atoms with Gasteiger partial charge in [0.05, 0.1) is 17.1 Å². The first-order valence-corrected chi connectivity index (χ1v) is 16.8. The molecule has 2 nitrogen and oxygen atoms in total. The Morgan fingerprint density at radius 2 is 1.39 bits per heavy atom. The third-order valence-electron chi connectivity index (χ3n) is 10.2. The van der Waals surface area contributed by atoms with Gasteiger partial charge in [-0.1, -0.05) is 109 Å². The first kappa shape index (κ1) is 25.9. The van der Waals surface area contributed by atoms with E-state index in [0.717, 1.165) is 0 Å². The smallest absolute Gasteiger partial charge is 0.0655 e. The molecule has 2 unspecified atom stereocenters. The number of thiophene rings is 1. The van der Waals surface area contributed by atoms with E-state index in [1.165, 1.54) is 75.7 Å². The third kappa shape index (κ3) is 3.52. The van der Waals surface area contributed by atoms with E-state index in [4.69, 9.17) is 0 Å². The van der Waals surface area contributed by atoms with Crippen LogP contribution in [0.5, 0.6) is 0 Å². The molecular formula is C43H30N2S. The summed E-state index contributed by atoms with van der Waals surface area (Å²) in [6, 6.07) is 49.5. The minimum Gasteiger partial charge on any atom is -0.333 e. The number of hydrogen-bond acceptors (Lipinski definition) is 2. The number of anilines is 2. The molecule has 2 atom stereocenters. The van der Waals surface area contributed by atoms with Crippen LogP contribution < -0.4 is 4.90 Å². The Balaban J connectivity index is 1.15. The lowest BCUT2D eigenvalue weighted by molar-refractivity contribution is 0.551. The van der Waals surface area contributed by atoms with Gasteiger partial charge in [0.2, 0.25) is 0 Å². The molecular weight excluding hydrogens is 577 g/mol. The van der Waals surface area contributed by atoms with Gasteiger partial charge in [-0.3, -0.25) is 0 Å². The molecule has 3 heteroatoms. The molecule has 0 radical (unpaired) electrons. The summed E-state index contributed by atoms with van der Waals surface area (Å²) in [4.78, 5) is 2.53.